The molecule has 1 fully saturated rings. The highest BCUT2D eigenvalue weighted by Crippen LogP contribution is 2.22. The maximum absolute atomic E-state index is 13.3. The predicted octanol–water partition coefficient (Wildman–Crippen LogP) is 3.79. The summed E-state index contributed by atoms with van der Waals surface area (Å²) in [6.45, 7) is 2.46. The quantitative estimate of drug-likeness (QED) is 0.381. The molecule has 7 nitrogen and oxygen atoms in total. The van der Waals surface area contributed by atoms with Crippen LogP contribution in [0.4, 0.5) is 0 Å². The van der Waals surface area contributed by atoms with E-state index in [0.717, 1.165) is 29.5 Å². The van der Waals surface area contributed by atoms with Gasteiger partial charge < -0.3 is 10.2 Å². The van der Waals surface area contributed by atoms with E-state index < -0.39 is 16.1 Å². The van der Waals surface area contributed by atoms with Gasteiger partial charge in [-0.3, -0.25) is 9.59 Å². The lowest BCUT2D eigenvalue weighted by atomic mass is 10.1. The summed E-state index contributed by atoms with van der Waals surface area (Å²) in [5, 5.41) is 2.94. The van der Waals surface area contributed by atoms with Gasteiger partial charge in [0.1, 0.15) is 6.04 Å². The zero-order chi connectivity index (χ0) is 26.3. The Kier molecular flexibility index (Phi) is 8.74. The van der Waals surface area contributed by atoms with Gasteiger partial charge in [-0.25, -0.2) is 13.1 Å². The van der Waals surface area contributed by atoms with Gasteiger partial charge in [0.05, 0.1) is 4.90 Å². The molecule has 0 radical (unpaired) electrons. The molecule has 3 aromatic rings. The largest absolute Gasteiger partial charge is 0.350 e. The summed E-state index contributed by atoms with van der Waals surface area (Å²) in [7, 11) is -3.51. The Morgan fingerprint density at radius 3 is 2.05 bits per heavy atom. The first-order valence-electron chi connectivity index (χ1n) is 12.6. The van der Waals surface area contributed by atoms with Crippen LogP contribution in [0.2, 0.25) is 0 Å². The van der Waals surface area contributed by atoms with E-state index in [0.29, 0.717) is 19.5 Å². The van der Waals surface area contributed by atoms with E-state index in [2.05, 4.69) is 10.0 Å². The lowest BCUT2D eigenvalue weighted by Gasteiger charge is -2.29. The summed E-state index contributed by atoms with van der Waals surface area (Å²) < 4.78 is 27.5. The van der Waals surface area contributed by atoms with E-state index in [-0.39, 0.29) is 29.2 Å². The lowest BCUT2D eigenvalue weighted by Crippen LogP contribution is -2.47. The summed E-state index contributed by atoms with van der Waals surface area (Å²) in [4.78, 5) is 28.1. The number of amides is 2. The minimum absolute atomic E-state index is 0.0461. The van der Waals surface area contributed by atoms with Gasteiger partial charge in [-0.2, -0.15) is 0 Å². The number of hydrogen-bond acceptors (Lipinski definition) is 4. The number of rotatable bonds is 12. The fourth-order valence-corrected chi connectivity index (χ4v) is 5.32. The molecule has 4 rings (SSSR count). The predicted molar refractivity (Wildman–Crippen MR) is 143 cm³/mol. The zero-order valence-electron chi connectivity index (χ0n) is 21.0. The normalized spacial score (nSPS) is 14.1. The molecular formula is C29H33N3O4S. The average Bonchev–Trinajstić information content (AvgIpc) is 3.73. The van der Waals surface area contributed by atoms with E-state index in [1.807, 2.05) is 60.7 Å². The Morgan fingerprint density at radius 1 is 0.865 bits per heavy atom. The van der Waals surface area contributed by atoms with Crippen molar-refractivity contribution in [2.75, 3.05) is 0 Å². The number of nitrogens with zero attached hydrogens (tertiary/aromatic N) is 1. The topological polar surface area (TPSA) is 95.6 Å². The number of benzene rings is 3. The van der Waals surface area contributed by atoms with Crippen LogP contribution in [0.5, 0.6) is 0 Å². The van der Waals surface area contributed by atoms with E-state index in [9.17, 15) is 18.0 Å². The van der Waals surface area contributed by atoms with Gasteiger partial charge in [0, 0.05) is 25.6 Å². The summed E-state index contributed by atoms with van der Waals surface area (Å²) in [5.41, 5.74) is 2.79. The van der Waals surface area contributed by atoms with Gasteiger partial charge in [-0.1, -0.05) is 72.8 Å². The molecule has 1 unspecified atom stereocenters. The molecule has 0 saturated heterocycles. The molecule has 0 bridgehead atoms. The van der Waals surface area contributed by atoms with Crippen molar-refractivity contribution < 1.29 is 18.0 Å². The molecule has 0 aromatic heterocycles. The van der Waals surface area contributed by atoms with Gasteiger partial charge in [-0.15, -0.1) is 0 Å². The maximum Gasteiger partial charge on any atom is 0.242 e. The number of aryl methyl sites for hydroxylation is 1. The summed E-state index contributed by atoms with van der Waals surface area (Å²) in [6, 6.07) is 25.3. The van der Waals surface area contributed by atoms with Crippen LogP contribution >= 0.6 is 0 Å². The van der Waals surface area contributed by atoms with Crippen LogP contribution in [0.1, 0.15) is 42.9 Å². The summed E-state index contributed by atoms with van der Waals surface area (Å²) in [6.07, 6.45) is 2.40. The second-order valence-corrected chi connectivity index (χ2v) is 11.1. The minimum Gasteiger partial charge on any atom is -0.350 e. The average molecular weight is 520 g/mol. The standard InChI is InChI=1S/C29H33N3O4S/c1-22(29(34)30-20-24-8-4-2-5-9-24)32(21-25-10-6-3-7-11-25)28(33)19-14-23-12-17-27(18-13-23)37(35,36)31-26-15-16-26/h2-13,17-18,22,26,31H,14-16,19-21H2,1H3,(H,30,34). The zero-order valence-corrected chi connectivity index (χ0v) is 21.8. The molecule has 0 heterocycles. The van der Waals surface area contributed by atoms with Crippen LogP contribution < -0.4 is 10.0 Å². The first-order valence-corrected chi connectivity index (χ1v) is 14.1. The molecule has 194 valence electrons. The van der Waals surface area contributed by atoms with E-state index >= 15 is 0 Å². The number of sulfonamides is 1. The molecule has 2 amide bonds. The van der Waals surface area contributed by atoms with Crippen molar-refractivity contribution >= 4 is 21.8 Å². The molecule has 0 aliphatic heterocycles. The third-order valence-corrected chi connectivity index (χ3v) is 7.97. The minimum atomic E-state index is -3.51. The first kappa shape index (κ1) is 26.6. The van der Waals surface area contributed by atoms with Crippen molar-refractivity contribution in [3.8, 4) is 0 Å². The highest BCUT2D eigenvalue weighted by atomic mass is 32.2. The Morgan fingerprint density at radius 2 is 1.46 bits per heavy atom. The van der Waals surface area contributed by atoms with Crippen molar-refractivity contribution in [2.24, 2.45) is 0 Å². The smallest absolute Gasteiger partial charge is 0.242 e. The number of carbonyl (C=O) groups excluding carboxylic acids is 2. The molecule has 1 atom stereocenters. The van der Waals surface area contributed by atoms with Crippen LogP contribution in [-0.2, 0) is 39.1 Å². The van der Waals surface area contributed by atoms with Gasteiger partial charge in [0.15, 0.2) is 0 Å². The Bertz CT molecular complexity index is 1290. The Balaban J connectivity index is 1.39. The molecule has 3 aromatic carbocycles. The van der Waals surface area contributed by atoms with Crippen LogP contribution in [0.3, 0.4) is 0 Å². The van der Waals surface area contributed by atoms with Gasteiger partial charge in [-0.05, 0) is 55.0 Å². The van der Waals surface area contributed by atoms with Crippen molar-refractivity contribution in [1.82, 2.24) is 14.9 Å². The fraction of sp³-hybridized carbons (Fsp3) is 0.310. The molecule has 8 heteroatoms. The fourth-order valence-electron chi connectivity index (χ4n) is 4.01. The van der Waals surface area contributed by atoms with Crippen LogP contribution in [0, 0.1) is 0 Å². The molecule has 2 N–H and O–H groups in total. The SMILES string of the molecule is CC(C(=O)NCc1ccccc1)N(Cc1ccccc1)C(=O)CCc1ccc(S(=O)(=O)NC2CC2)cc1. The maximum atomic E-state index is 13.3. The third-order valence-electron chi connectivity index (χ3n) is 6.43. The van der Waals surface area contributed by atoms with Crippen molar-refractivity contribution in [3.05, 3.63) is 102 Å². The molecule has 1 aliphatic carbocycles. The monoisotopic (exact) mass is 519 g/mol. The lowest BCUT2D eigenvalue weighted by molar-refractivity contribution is -0.140. The van der Waals surface area contributed by atoms with E-state index in [1.54, 1.807) is 36.1 Å². The van der Waals surface area contributed by atoms with E-state index in [1.165, 1.54) is 0 Å². The summed E-state index contributed by atoms with van der Waals surface area (Å²) >= 11 is 0. The van der Waals surface area contributed by atoms with Crippen molar-refractivity contribution in [1.29, 1.82) is 0 Å². The van der Waals surface area contributed by atoms with Crippen molar-refractivity contribution in [3.63, 3.8) is 0 Å². The highest BCUT2D eigenvalue weighted by molar-refractivity contribution is 7.89. The molecule has 1 aliphatic rings. The number of carbonyl (C=O) groups is 2. The van der Waals surface area contributed by atoms with Gasteiger partial charge >= 0.3 is 0 Å². The van der Waals surface area contributed by atoms with Crippen LogP contribution in [0.15, 0.2) is 89.8 Å². The number of hydrogen-bond donors (Lipinski definition) is 2. The molecule has 37 heavy (non-hydrogen) atoms. The molecule has 0 spiro atoms. The second kappa shape index (κ2) is 12.2. The van der Waals surface area contributed by atoms with E-state index in [4.69, 9.17) is 0 Å². The van der Waals surface area contributed by atoms with Gasteiger partial charge in [0.25, 0.3) is 0 Å². The highest BCUT2D eigenvalue weighted by Gasteiger charge is 2.28. The first-order chi connectivity index (χ1) is 17.8. The van der Waals surface area contributed by atoms with Crippen LogP contribution in [0.25, 0.3) is 0 Å². The Hall–Kier alpha value is -3.49. The second-order valence-electron chi connectivity index (χ2n) is 9.43. The molecule has 1 saturated carbocycles. The molecular weight excluding hydrogens is 486 g/mol. The number of nitrogens with one attached hydrogen (secondary N) is 2. The Labute approximate surface area is 218 Å². The van der Waals surface area contributed by atoms with Gasteiger partial charge in [0.2, 0.25) is 21.8 Å². The van der Waals surface area contributed by atoms with Crippen molar-refractivity contribution in [2.45, 2.75) is 62.7 Å². The third kappa shape index (κ3) is 7.74. The van der Waals surface area contributed by atoms with Crippen LogP contribution in [-0.4, -0.2) is 37.2 Å². The summed E-state index contributed by atoms with van der Waals surface area (Å²) in [5.74, 6) is -0.357.